The maximum atomic E-state index is 13.2. The molecule has 1 aliphatic carbocycles. The monoisotopic (exact) mass is 457 g/mol. The summed E-state index contributed by atoms with van der Waals surface area (Å²) in [5, 5.41) is 4.26. The van der Waals surface area contributed by atoms with Crippen molar-refractivity contribution >= 4 is 17.2 Å². The van der Waals surface area contributed by atoms with Crippen LogP contribution >= 0.6 is 0 Å². The van der Waals surface area contributed by atoms with Crippen LogP contribution in [0.1, 0.15) is 31.2 Å². The molecule has 5 rings (SSSR count). The van der Waals surface area contributed by atoms with Crippen LogP contribution in [0, 0.1) is 0 Å². The summed E-state index contributed by atoms with van der Waals surface area (Å²) < 4.78 is 47.5. The SMILES string of the molecule is Cn1nccc1N1CCC(N(c2ccc(C(F)(F)F)cc2)c2cnccc2OC2CC2)CC1. The van der Waals surface area contributed by atoms with Crippen LogP contribution in [-0.4, -0.2) is 40.0 Å². The lowest BCUT2D eigenvalue weighted by Gasteiger charge is -2.40. The molecule has 2 aromatic heterocycles. The van der Waals surface area contributed by atoms with Gasteiger partial charge in [-0.15, -0.1) is 0 Å². The van der Waals surface area contributed by atoms with E-state index in [1.807, 2.05) is 23.9 Å². The molecule has 33 heavy (non-hydrogen) atoms. The Kier molecular flexibility index (Phi) is 5.64. The summed E-state index contributed by atoms with van der Waals surface area (Å²) in [6.45, 7) is 1.64. The number of hydrogen-bond donors (Lipinski definition) is 0. The highest BCUT2D eigenvalue weighted by Crippen LogP contribution is 2.41. The summed E-state index contributed by atoms with van der Waals surface area (Å²) in [5.41, 5.74) is 0.844. The summed E-state index contributed by atoms with van der Waals surface area (Å²) in [6.07, 6.45) is 4.77. The Hall–Kier alpha value is -3.23. The van der Waals surface area contributed by atoms with E-state index in [0.29, 0.717) is 5.69 Å². The highest BCUT2D eigenvalue weighted by Gasteiger charge is 2.33. The van der Waals surface area contributed by atoms with E-state index in [1.165, 1.54) is 0 Å². The number of alkyl halides is 3. The standard InChI is InChI=1S/C24H26F3N5O/c1-30-23(9-13-29-30)31-14-10-19(11-15-31)32(18-4-2-17(3-5-18)24(25,26)27)21-16-28-12-8-22(21)33-20-6-7-20/h2-5,8-9,12-13,16,19-20H,6-7,10-11,14-15H2,1H3. The summed E-state index contributed by atoms with van der Waals surface area (Å²) in [7, 11) is 1.92. The van der Waals surface area contributed by atoms with Crippen molar-refractivity contribution in [3.8, 4) is 5.75 Å². The maximum Gasteiger partial charge on any atom is 0.416 e. The van der Waals surface area contributed by atoms with E-state index in [9.17, 15) is 13.2 Å². The first-order chi connectivity index (χ1) is 15.9. The third-order valence-electron chi connectivity index (χ3n) is 6.26. The molecule has 0 radical (unpaired) electrons. The molecule has 2 aliphatic rings. The van der Waals surface area contributed by atoms with E-state index in [2.05, 4.69) is 19.9 Å². The number of piperidine rings is 1. The van der Waals surface area contributed by atoms with Gasteiger partial charge in [0, 0.05) is 50.2 Å². The zero-order valence-electron chi connectivity index (χ0n) is 18.4. The number of aryl methyl sites for hydroxylation is 1. The number of aromatic nitrogens is 3. The molecule has 174 valence electrons. The number of halogens is 3. The van der Waals surface area contributed by atoms with E-state index < -0.39 is 11.7 Å². The van der Waals surface area contributed by atoms with Crippen LogP contribution in [0.4, 0.5) is 30.4 Å². The number of rotatable bonds is 6. The number of nitrogens with zero attached hydrogens (tertiary/aromatic N) is 5. The van der Waals surface area contributed by atoms with E-state index in [-0.39, 0.29) is 12.1 Å². The third-order valence-corrected chi connectivity index (χ3v) is 6.26. The molecular weight excluding hydrogens is 431 g/mol. The third kappa shape index (κ3) is 4.62. The van der Waals surface area contributed by atoms with Gasteiger partial charge in [0.15, 0.2) is 0 Å². The molecule has 0 amide bonds. The van der Waals surface area contributed by atoms with Crippen molar-refractivity contribution in [2.75, 3.05) is 22.9 Å². The van der Waals surface area contributed by atoms with Crippen LogP contribution in [0.15, 0.2) is 55.0 Å². The highest BCUT2D eigenvalue weighted by molar-refractivity contribution is 5.69. The Morgan fingerprint density at radius 3 is 2.30 bits per heavy atom. The zero-order valence-corrected chi connectivity index (χ0v) is 18.4. The number of hydrogen-bond acceptors (Lipinski definition) is 5. The fraction of sp³-hybridized carbons (Fsp3) is 0.417. The van der Waals surface area contributed by atoms with E-state index in [1.54, 1.807) is 30.7 Å². The van der Waals surface area contributed by atoms with Crippen molar-refractivity contribution < 1.29 is 17.9 Å². The molecule has 0 atom stereocenters. The van der Waals surface area contributed by atoms with Gasteiger partial charge in [0.05, 0.1) is 24.1 Å². The number of benzene rings is 1. The average molecular weight is 458 g/mol. The maximum absolute atomic E-state index is 13.2. The van der Waals surface area contributed by atoms with Gasteiger partial charge in [0.2, 0.25) is 0 Å². The Bertz CT molecular complexity index is 1090. The molecule has 2 fully saturated rings. The minimum atomic E-state index is -4.37. The van der Waals surface area contributed by atoms with E-state index in [4.69, 9.17) is 4.74 Å². The van der Waals surface area contributed by atoms with Crippen molar-refractivity contribution in [1.29, 1.82) is 0 Å². The zero-order chi connectivity index (χ0) is 23.0. The normalized spacial score (nSPS) is 17.3. The van der Waals surface area contributed by atoms with Crippen LogP contribution in [0.3, 0.4) is 0 Å². The van der Waals surface area contributed by atoms with Crippen molar-refractivity contribution in [1.82, 2.24) is 14.8 Å². The molecule has 9 heteroatoms. The Balaban J connectivity index is 1.45. The lowest BCUT2D eigenvalue weighted by Crippen LogP contribution is -2.44. The van der Waals surface area contributed by atoms with Crippen LogP contribution in [0.2, 0.25) is 0 Å². The fourth-order valence-electron chi connectivity index (χ4n) is 4.41. The lowest BCUT2D eigenvalue weighted by molar-refractivity contribution is -0.137. The number of ether oxygens (including phenoxy) is 1. The van der Waals surface area contributed by atoms with E-state index in [0.717, 1.165) is 68.2 Å². The minimum absolute atomic E-state index is 0.0944. The molecule has 0 unspecified atom stereocenters. The molecule has 0 spiro atoms. The molecule has 0 bridgehead atoms. The molecule has 1 aliphatic heterocycles. The summed E-state index contributed by atoms with van der Waals surface area (Å²) in [5.74, 6) is 1.79. The molecule has 3 aromatic rings. The van der Waals surface area contributed by atoms with Gasteiger partial charge < -0.3 is 14.5 Å². The molecular formula is C24H26F3N5O. The Morgan fingerprint density at radius 1 is 0.970 bits per heavy atom. The summed E-state index contributed by atoms with van der Waals surface area (Å²) in [6, 6.07) is 9.31. The first-order valence-corrected chi connectivity index (χ1v) is 11.2. The highest BCUT2D eigenvalue weighted by atomic mass is 19.4. The van der Waals surface area contributed by atoms with Gasteiger partial charge in [-0.2, -0.15) is 18.3 Å². The first kappa shape index (κ1) is 21.6. The van der Waals surface area contributed by atoms with Gasteiger partial charge in [0.1, 0.15) is 17.3 Å². The number of pyridine rings is 1. The fourth-order valence-corrected chi connectivity index (χ4v) is 4.41. The molecule has 0 N–H and O–H groups in total. The van der Waals surface area contributed by atoms with Crippen LogP contribution < -0.4 is 14.5 Å². The van der Waals surface area contributed by atoms with Crippen molar-refractivity contribution in [3.63, 3.8) is 0 Å². The quantitative estimate of drug-likeness (QED) is 0.510. The first-order valence-electron chi connectivity index (χ1n) is 11.2. The molecule has 1 aromatic carbocycles. The lowest BCUT2D eigenvalue weighted by atomic mass is 10.0. The average Bonchev–Trinajstić information content (AvgIpc) is 3.52. The second kappa shape index (κ2) is 8.61. The van der Waals surface area contributed by atoms with Gasteiger partial charge in [-0.05, 0) is 49.9 Å². The largest absolute Gasteiger partial charge is 0.488 e. The summed E-state index contributed by atoms with van der Waals surface area (Å²) >= 11 is 0. The van der Waals surface area contributed by atoms with Crippen LogP contribution in [0.5, 0.6) is 5.75 Å². The minimum Gasteiger partial charge on any atom is -0.488 e. The number of anilines is 3. The van der Waals surface area contributed by atoms with Crippen molar-refractivity contribution in [3.05, 3.63) is 60.6 Å². The molecule has 3 heterocycles. The van der Waals surface area contributed by atoms with Crippen molar-refractivity contribution in [2.24, 2.45) is 7.05 Å². The van der Waals surface area contributed by atoms with Gasteiger partial charge in [-0.25, -0.2) is 0 Å². The smallest absolute Gasteiger partial charge is 0.416 e. The predicted octanol–water partition coefficient (Wildman–Crippen LogP) is 5.18. The molecule has 1 saturated heterocycles. The molecule has 1 saturated carbocycles. The topological polar surface area (TPSA) is 46.4 Å². The van der Waals surface area contributed by atoms with Crippen LogP contribution in [-0.2, 0) is 13.2 Å². The summed E-state index contributed by atoms with van der Waals surface area (Å²) in [4.78, 5) is 8.71. The second-order valence-electron chi connectivity index (χ2n) is 8.61. The predicted molar refractivity (Wildman–Crippen MR) is 120 cm³/mol. The Morgan fingerprint density at radius 2 is 1.70 bits per heavy atom. The Labute approximate surface area is 190 Å². The van der Waals surface area contributed by atoms with Gasteiger partial charge >= 0.3 is 6.18 Å². The second-order valence-corrected chi connectivity index (χ2v) is 8.61. The van der Waals surface area contributed by atoms with Gasteiger partial charge in [-0.1, -0.05) is 0 Å². The van der Waals surface area contributed by atoms with Crippen LogP contribution in [0.25, 0.3) is 0 Å². The van der Waals surface area contributed by atoms with E-state index >= 15 is 0 Å². The van der Waals surface area contributed by atoms with Gasteiger partial charge in [-0.3, -0.25) is 9.67 Å². The van der Waals surface area contributed by atoms with Gasteiger partial charge in [0.25, 0.3) is 0 Å². The van der Waals surface area contributed by atoms with Crippen molar-refractivity contribution in [2.45, 2.75) is 44.0 Å². The molecule has 6 nitrogen and oxygen atoms in total.